The van der Waals surface area contributed by atoms with Crippen molar-refractivity contribution < 1.29 is 4.74 Å². The molecule has 118 valence electrons. The van der Waals surface area contributed by atoms with Gasteiger partial charge in [0.2, 0.25) is 0 Å². The van der Waals surface area contributed by atoms with Gasteiger partial charge in [-0.3, -0.25) is 0 Å². The number of hydrogen-bond donors (Lipinski definition) is 1. The molecule has 1 unspecified atom stereocenters. The molecule has 1 atom stereocenters. The molecule has 1 saturated carbocycles. The lowest BCUT2D eigenvalue weighted by atomic mass is 9.95. The normalized spacial score (nSPS) is 18.8. The quantitative estimate of drug-likeness (QED) is 0.773. The summed E-state index contributed by atoms with van der Waals surface area (Å²) in [5.74, 6) is 0.985. The standard InChI is InChI=1S/C19H31NO/c1-3-15-21-19-13-11-17(12-14-19)16(2)20-18-9-7-5-4-6-8-10-18/h11-14,16,18,20H,3-10,15H2,1-2H3. The third kappa shape index (κ3) is 5.70. The Labute approximate surface area is 130 Å². The maximum Gasteiger partial charge on any atom is 0.119 e. The molecule has 2 nitrogen and oxygen atoms in total. The summed E-state index contributed by atoms with van der Waals surface area (Å²) < 4.78 is 5.65. The third-order valence-electron chi connectivity index (χ3n) is 4.44. The van der Waals surface area contributed by atoms with E-state index in [1.807, 2.05) is 0 Å². The lowest BCUT2D eigenvalue weighted by Crippen LogP contribution is -2.32. The molecule has 0 amide bonds. The highest BCUT2D eigenvalue weighted by Gasteiger charge is 2.14. The topological polar surface area (TPSA) is 21.3 Å². The van der Waals surface area contributed by atoms with Crippen molar-refractivity contribution in [1.82, 2.24) is 5.32 Å². The molecule has 1 N–H and O–H groups in total. The maximum atomic E-state index is 5.65. The molecule has 1 aliphatic carbocycles. The smallest absolute Gasteiger partial charge is 0.119 e. The zero-order valence-corrected chi connectivity index (χ0v) is 13.7. The predicted octanol–water partition coefficient (Wildman–Crippen LogP) is 5.24. The van der Waals surface area contributed by atoms with E-state index in [-0.39, 0.29) is 0 Å². The summed E-state index contributed by atoms with van der Waals surface area (Å²) in [6.45, 7) is 5.21. The minimum atomic E-state index is 0.426. The van der Waals surface area contributed by atoms with Crippen LogP contribution in [0.2, 0.25) is 0 Å². The lowest BCUT2D eigenvalue weighted by molar-refractivity contribution is 0.317. The van der Waals surface area contributed by atoms with Crippen LogP contribution in [0.1, 0.15) is 76.8 Å². The van der Waals surface area contributed by atoms with Crippen molar-refractivity contribution in [3.8, 4) is 5.75 Å². The molecule has 1 aromatic rings. The second-order valence-corrected chi connectivity index (χ2v) is 6.35. The molecular formula is C19H31NO. The molecule has 0 radical (unpaired) electrons. The molecule has 0 saturated heterocycles. The average molecular weight is 289 g/mol. The van der Waals surface area contributed by atoms with Gasteiger partial charge in [0.1, 0.15) is 5.75 Å². The van der Waals surface area contributed by atoms with E-state index in [0.29, 0.717) is 12.1 Å². The van der Waals surface area contributed by atoms with Crippen LogP contribution in [0.15, 0.2) is 24.3 Å². The summed E-state index contributed by atoms with van der Waals surface area (Å²) in [4.78, 5) is 0. The predicted molar refractivity (Wildman–Crippen MR) is 89.9 cm³/mol. The highest BCUT2D eigenvalue weighted by molar-refractivity contribution is 5.29. The van der Waals surface area contributed by atoms with Crippen LogP contribution in [0.25, 0.3) is 0 Å². The van der Waals surface area contributed by atoms with E-state index in [1.165, 1.54) is 50.5 Å². The van der Waals surface area contributed by atoms with Gasteiger partial charge in [0.05, 0.1) is 6.61 Å². The fourth-order valence-corrected chi connectivity index (χ4v) is 3.15. The zero-order chi connectivity index (χ0) is 14.9. The highest BCUT2D eigenvalue weighted by atomic mass is 16.5. The van der Waals surface area contributed by atoms with Crippen molar-refractivity contribution in [3.63, 3.8) is 0 Å². The monoisotopic (exact) mass is 289 g/mol. The SMILES string of the molecule is CCCOc1ccc(C(C)NC2CCCCCCC2)cc1. The molecule has 1 aromatic carbocycles. The van der Waals surface area contributed by atoms with Gasteiger partial charge in [-0.25, -0.2) is 0 Å². The number of benzene rings is 1. The van der Waals surface area contributed by atoms with Gasteiger partial charge in [0.25, 0.3) is 0 Å². The first-order chi connectivity index (χ1) is 10.3. The molecule has 1 aliphatic rings. The third-order valence-corrected chi connectivity index (χ3v) is 4.44. The minimum Gasteiger partial charge on any atom is -0.494 e. The van der Waals surface area contributed by atoms with Crippen LogP contribution in [0.5, 0.6) is 5.75 Å². The Balaban J connectivity index is 1.85. The maximum absolute atomic E-state index is 5.65. The summed E-state index contributed by atoms with van der Waals surface area (Å²) in [6, 6.07) is 9.71. The highest BCUT2D eigenvalue weighted by Crippen LogP contribution is 2.22. The zero-order valence-electron chi connectivity index (χ0n) is 13.7. The van der Waals surface area contributed by atoms with Crippen molar-refractivity contribution in [2.45, 2.75) is 77.3 Å². The molecule has 2 rings (SSSR count). The van der Waals surface area contributed by atoms with Crippen molar-refractivity contribution in [2.75, 3.05) is 6.61 Å². The van der Waals surface area contributed by atoms with E-state index in [0.717, 1.165) is 18.8 Å². The molecule has 2 heteroatoms. The van der Waals surface area contributed by atoms with Gasteiger partial charge in [-0.05, 0) is 43.9 Å². The second kappa shape index (κ2) is 9.09. The number of rotatable bonds is 6. The van der Waals surface area contributed by atoms with Crippen molar-refractivity contribution >= 4 is 0 Å². The first-order valence-corrected chi connectivity index (χ1v) is 8.78. The molecule has 0 bridgehead atoms. The van der Waals surface area contributed by atoms with E-state index in [9.17, 15) is 0 Å². The van der Waals surface area contributed by atoms with Gasteiger partial charge in [-0.15, -0.1) is 0 Å². The van der Waals surface area contributed by atoms with Gasteiger partial charge in [0, 0.05) is 12.1 Å². The van der Waals surface area contributed by atoms with Crippen molar-refractivity contribution in [1.29, 1.82) is 0 Å². The van der Waals surface area contributed by atoms with Gasteiger partial charge >= 0.3 is 0 Å². The number of nitrogens with one attached hydrogen (secondary N) is 1. The van der Waals surface area contributed by atoms with E-state index >= 15 is 0 Å². The molecule has 0 aromatic heterocycles. The van der Waals surface area contributed by atoms with Gasteiger partial charge < -0.3 is 10.1 Å². The summed E-state index contributed by atoms with van der Waals surface area (Å²) in [6.07, 6.45) is 10.8. The second-order valence-electron chi connectivity index (χ2n) is 6.35. The summed E-state index contributed by atoms with van der Waals surface area (Å²) in [7, 11) is 0. The van der Waals surface area contributed by atoms with Crippen LogP contribution in [0, 0.1) is 0 Å². The first kappa shape index (κ1) is 16.4. The van der Waals surface area contributed by atoms with Crippen LogP contribution in [0.4, 0.5) is 0 Å². The Hall–Kier alpha value is -1.02. The molecule has 21 heavy (non-hydrogen) atoms. The Bertz CT molecular complexity index is 379. The van der Waals surface area contributed by atoms with Crippen molar-refractivity contribution in [3.05, 3.63) is 29.8 Å². The van der Waals surface area contributed by atoms with Gasteiger partial charge in [-0.2, -0.15) is 0 Å². The Morgan fingerprint density at radius 2 is 1.67 bits per heavy atom. The van der Waals surface area contributed by atoms with Crippen LogP contribution < -0.4 is 10.1 Å². The molecule has 0 heterocycles. The largest absolute Gasteiger partial charge is 0.494 e. The van der Waals surface area contributed by atoms with Crippen LogP contribution in [-0.2, 0) is 0 Å². The van der Waals surface area contributed by atoms with Crippen LogP contribution in [-0.4, -0.2) is 12.6 Å². The van der Waals surface area contributed by atoms with E-state index in [1.54, 1.807) is 0 Å². The summed E-state index contributed by atoms with van der Waals surface area (Å²) >= 11 is 0. The summed E-state index contributed by atoms with van der Waals surface area (Å²) in [5.41, 5.74) is 1.36. The fraction of sp³-hybridized carbons (Fsp3) is 0.684. The van der Waals surface area contributed by atoms with Crippen LogP contribution in [0.3, 0.4) is 0 Å². The average Bonchev–Trinajstić information content (AvgIpc) is 2.48. The Morgan fingerprint density at radius 3 is 2.29 bits per heavy atom. The molecule has 1 fully saturated rings. The number of ether oxygens (including phenoxy) is 1. The molecular weight excluding hydrogens is 258 g/mol. The van der Waals surface area contributed by atoms with E-state index in [2.05, 4.69) is 43.4 Å². The molecule has 0 spiro atoms. The van der Waals surface area contributed by atoms with E-state index in [4.69, 9.17) is 4.74 Å². The van der Waals surface area contributed by atoms with E-state index < -0.39 is 0 Å². The minimum absolute atomic E-state index is 0.426. The lowest BCUT2D eigenvalue weighted by Gasteiger charge is -2.25. The summed E-state index contributed by atoms with van der Waals surface area (Å²) in [5, 5.41) is 3.82. The van der Waals surface area contributed by atoms with Crippen LogP contribution >= 0.6 is 0 Å². The van der Waals surface area contributed by atoms with Gasteiger partial charge in [-0.1, -0.05) is 51.2 Å². The van der Waals surface area contributed by atoms with Gasteiger partial charge in [0.15, 0.2) is 0 Å². The Morgan fingerprint density at radius 1 is 1.05 bits per heavy atom. The fourth-order valence-electron chi connectivity index (χ4n) is 3.15. The molecule has 0 aliphatic heterocycles. The first-order valence-electron chi connectivity index (χ1n) is 8.78. The number of hydrogen-bond acceptors (Lipinski definition) is 2. The van der Waals surface area contributed by atoms with Crippen molar-refractivity contribution in [2.24, 2.45) is 0 Å². The Kier molecular flexibility index (Phi) is 7.08.